The van der Waals surface area contributed by atoms with Gasteiger partial charge >= 0.3 is 0 Å². The molecule has 0 radical (unpaired) electrons. The highest BCUT2D eigenvalue weighted by Crippen LogP contribution is 2.25. The smallest absolute Gasteiger partial charge is 0.128 e. The molecular formula is C15H17NO. The van der Waals surface area contributed by atoms with E-state index in [2.05, 4.69) is 36.2 Å². The van der Waals surface area contributed by atoms with Gasteiger partial charge in [0.25, 0.3) is 0 Å². The number of aryl methyl sites for hydroxylation is 1. The SMILES string of the molecule is COc1c(C)cnc(Cc2ccccc2)c1C. The zero-order valence-corrected chi connectivity index (χ0v) is 10.5. The van der Waals surface area contributed by atoms with Gasteiger partial charge in [-0.15, -0.1) is 0 Å². The molecule has 0 unspecified atom stereocenters. The fraction of sp³-hybridized carbons (Fsp3) is 0.267. The first-order valence-corrected chi connectivity index (χ1v) is 5.75. The van der Waals surface area contributed by atoms with Crippen LogP contribution >= 0.6 is 0 Å². The van der Waals surface area contributed by atoms with Gasteiger partial charge < -0.3 is 4.74 Å². The van der Waals surface area contributed by atoms with E-state index in [-0.39, 0.29) is 0 Å². The number of benzene rings is 1. The van der Waals surface area contributed by atoms with Crippen LogP contribution in [0.3, 0.4) is 0 Å². The third-order valence-electron chi connectivity index (χ3n) is 2.96. The monoisotopic (exact) mass is 227 g/mol. The highest BCUT2D eigenvalue weighted by atomic mass is 16.5. The van der Waals surface area contributed by atoms with Crippen molar-refractivity contribution in [2.45, 2.75) is 20.3 Å². The fourth-order valence-electron chi connectivity index (χ4n) is 2.04. The second-order valence-corrected chi connectivity index (χ2v) is 4.21. The summed E-state index contributed by atoms with van der Waals surface area (Å²) >= 11 is 0. The van der Waals surface area contributed by atoms with Crippen molar-refractivity contribution in [2.24, 2.45) is 0 Å². The Hall–Kier alpha value is -1.83. The molecule has 1 aromatic heterocycles. The Kier molecular flexibility index (Phi) is 3.43. The summed E-state index contributed by atoms with van der Waals surface area (Å²) in [4.78, 5) is 4.50. The third-order valence-corrected chi connectivity index (χ3v) is 2.96. The molecule has 0 saturated carbocycles. The van der Waals surface area contributed by atoms with Crippen molar-refractivity contribution in [3.63, 3.8) is 0 Å². The lowest BCUT2D eigenvalue weighted by Crippen LogP contribution is -2.00. The Balaban J connectivity index is 2.34. The molecule has 2 heteroatoms. The van der Waals surface area contributed by atoms with Gasteiger partial charge in [-0.25, -0.2) is 0 Å². The highest BCUT2D eigenvalue weighted by molar-refractivity contribution is 5.42. The number of aromatic nitrogens is 1. The van der Waals surface area contributed by atoms with Gasteiger partial charge in [-0.1, -0.05) is 30.3 Å². The standard InChI is InChI=1S/C15H17NO/c1-11-10-16-14(12(2)15(11)17-3)9-13-7-5-4-6-8-13/h4-8,10H,9H2,1-3H3. The Morgan fingerprint density at radius 1 is 1.12 bits per heavy atom. The van der Waals surface area contributed by atoms with Crippen LogP contribution in [0.15, 0.2) is 36.5 Å². The van der Waals surface area contributed by atoms with Gasteiger partial charge in [-0.3, -0.25) is 4.98 Å². The van der Waals surface area contributed by atoms with Crippen molar-refractivity contribution in [1.29, 1.82) is 0 Å². The number of rotatable bonds is 3. The summed E-state index contributed by atoms with van der Waals surface area (Å²) in [7, 11) is 1.71. The van der Waals surface area contributed by atoms with E-state index < -0.39 is 0 Å². The summed E-state index contributed by atoms with van der Waals surface area (Å²) in [6.07, 6.45) is 2.73. The maximum Gasteiger partial charge on any atom is 0.128 e. The lowest BCUT2D eigenvalue weighted by molar-refractivity contribution is 0.407. The molecule has 2 rings (SSSR count). The van der Waals surface area contributed by atoms with Gasteiger partial charge in [0.05, 0.1) is 12.8 Å². The Labute approximate surface area is 102 Å². The molecule has 0 bridgehead atoms. The summed E-state index contributed by atoms with van der Waals surface area (Å²) in [5.74, 6) is 0.950. The van der Waals surface area contributed by atoms with Gasteiger partial charge in [0.2, 0.25) is 0 Å². The second kappa shape index (κ2) is 5.00. The van der Waals surface area contributed by atoms with Crippen LogP contribution in [0.5, 0.6) is 5.75 Å². The number of hydrogen-bond acceptors (Lipinski definition) is 2. The summed E-state index contributed by atoms with van der Waals surface area (Å²) in [6.45, 7) is 4.09. The Bertz CT molecular complexity index is 506. The maximum atomic E-state index is 5.41. The van der Waals surface area contributed by atoms with E-state index in [0.29, 0.717) is 0 Å². The first-order valence-electron chi connectivity index (χ1n) is 5.75. The largest absolute Gasteiger partial charge is 0.496 e. The zero-order chi connectivity index (χ0) is 12.3. The summed E-state index contributed by atoms with van der Waals surface area (Å²) in [5, 5.41) is 0. The molecule has 0 saturated heterocycles. The molecule has 0 aliphatic heterocycles. The Morgan fingerprint density at radius 3 is 2.47 bits per heavy atom. The molecule has 1 heterocycles. The van der Waals surface area contributed by atoms with Crippen LogP contribution in [0.4, 0.5) is 0 Å². The molecule has 0 amide bonds. The number of hydrogen-bond donors (Lipinski definition) is 0. The van der Waals surface area contributed by atoms with Gasteiger partial charge in [0, 0.05) is 23.7 Å². The maximum absolute atomic E-state index is 5.41. The summed E-state index contributed by atoms with van der Waals surface area (Å²) < 4.78 is 5.41. The van der Waals surface area contributed by atoms with Crippen molar-refractivity contribution >= 4 is 0 Å². The first kappa shape index (κ1) is 11.6. The minimum Gasteiger partial charge on any atom is -0.496 e. The van der Waals surface area contributed by atoms with E-state index >= 15 is 0 Å². The molecule has 0 fully saturated rings. The molecule has 2 aromatic rings. The molecule has 88 valence electrons. The number of ether oxygens (including phenoxy) is 1. The van der Waals surface area contributed by atoms with E-state index in [4.69, 9.17) is 4.74 Å². The number of methoxy groups -OCH3 is 1. The van der Waals surface area contributed by atoms with Crippen molar-refractivity contribution in [2.75, 3.05) is 7.11 Å². The van der Waals surface area contributed by atoms with Crippen molar-refractivity contribution < 1.29 is 4.74 Å². The van der Waals surface area contributed by atoms with Crippen molar-refractivity contribution in [3.05, 3.63) is 58.9 Å². The average molecular weight is 227 g/mol. The van der Waals surface area contributed by atoms with Gasteiger partial charge in [-0.2, -0.15) is 0 Å². The number of nitrogens with zero attached hydrogens (tertiary/aromatic N) is 1. The summed E-state index contributed by atoms with van der Waals surface area (Å²) in [6, 6.07) is 10.4. The molecule has 0 spiro atoms. The normalized spacial score (nSPS) is 10.3. The van der Waals surface area contributed by atoms with Crippen molar-refractivity contribution in [3.8, 4) is 5.75 Å². The predicted octanol–water partition coefficient (Wildman–Crippen LogP) is 3.30. The van der Waals surface area contributed by atoms with E-state index in [0.717, 1.165) is 29.0 Å². The third kappa shape index (κ3) is 2.47. The molecule has 0 aliphatic rings. The van der Waals surface area contributed by atoms with Gasteiger partial charge in [-0.05, 0) is 19.4 Å². The predicted molar refractivity (Wildman–Crippen MR) is 69.5 cm³/mol. The topological polar surface area (TPSA) is 22.1 Å². The average Bonchev–Trinajstić information content (AvgIpc) is 2.35. The van der Waals surface area contributed by atoms with E-state index in [1.807, 2.05) is 19.2 Å². The van der Waals surface area contributed by atoms with Crippen LogP contribution < -0.4 is 4.74 Å². The molecule has 0 aliphatic carbocycles. The van der Waals surface area contributed by atoms with Crippen molar-refractivity contribution in [1.82, 2.24) is 4.98 Å². The summed E-state index contributed by atoms with van der Waals surface area (Å²) in [5.41, 5.74) is 4.57. The van der Waals surface area contributed by atoms with Crippen LogP contribution in [0.25, 0.3) is 0 Å². The fourth-order valence-corrected chi connectivity index (χ4v) is 2.04. The molecule has 17 heavy (non-hydrogen) atoms. The van der Waals surface area contributed by atoms with Gasteiger partial charge in [0.1, 0.15) is 5.75 Å². The van der Waals surface area contributed by atoms with E-state index in [1.165, 1.54) is 5.56 Å². The van der Waals surface area contributed by atoms with Crippen LogP contribution in [-0.4, -0.2) is 12.1 Å². The molecular weight excluding hydrogens is 210 g/mol. The first-order chi connectivity index (χ1) is 8.22. The molecule has 0 N–H and O–H groups in total. The van der Waals surface area contributed by atoms with E-state index in [9.17, 15) is 0 Å². The lowest BCUT2D eigenvalue weighted by atomic mass is 10.0. The van der Waals surface area contributed by atoms with Gasteiger partial charge in [0.15, 0.2) is 0 Å². The lowest BCUT2D eigenvalue weighted by Gasteiger charge is -2.12. The zero-order valence-electron chi connectivity index (χ0n) is 10.5. The quantitative estimate of drug-likeness (QED) is 0.802. The molecule has 2 nitrogen and oxygen atoms in total. The Morgan fingerprint density at radius 2 is 1.82 bits per heavy atom. The number of pyridine rings is 1. The van der Waals surface area contributed by atoms with Crippen LogP contribution in [0.2, 0.25) is 0 Å². The molecule has 0 atom stereocenters. The highest BCUT2D eigenvalue weighted by Gasteiger charge is 2.09. The van der Waals surface area contributed by atoms with Crippen LogP contribution in [-0.2, 0) is 6.42 Å². The van der Waals surface area contributed by atoms with E-state index in [1.54, 1.807) is 7.11 Å². The minimum absolute atomic E-state index is 0.851. The van der Waals surface area contributed by atoms with Crippen LogP contribution in [0.1, 0.15) is 22.4 Å². The van der Waals surface area contributed by atoms with Crippen LogP contribution in [0, 0.1) is 13.8 Å². The minimum atomic E-state index is 0.851. The second-order valence-electron chi connectivity index (χ2n) is 4.21. The molecule has 1 aromatic carbocycles.